The monoisotopic (exact) mass is 329 g/mol. The van der Waals surface area contributed by atoms with Crippen LogP contribution < -0.4 is 14.4 Å². The van der Waals surface area contributed by atoms with Crippen LogP contribution in [0.1, 0.15) is 12.5 Å². The summed E-state index contributed by atoms with van der Waals surface area (Å²) in [5, 5.41) is 0.688. The van der Waals surface area contributed by atoms with E-state index in [4.69, 9.17) is 21.1 Å². The van der Waals surface area contributed by atoms with Crippen molar-refractivity contribution >= 4 is 23.1 Å². The van der Waals surface area contributed by atoms with Crippen LogP contribution in [0.25, 0.3) is 0 Å². The first-order chi connectivity index (χ1) is 11.1. The fourth-order valence-corrected chi connectivity index (χ4v) is 2.55. The fraction of sp³-hybridized carbons (Fsp3) is 0.167. The van der Waals surface area contributed by atoms with Crippen molar-refractivity contribution in [2.45, 2.75) is 13.5 Å². The van der Waals surface area contributed by atoms with Crippen molar-refractivity contribution in [1.82, 2.24) is 0 Å². The Morgan fingerprint density at radius 2 is 2.00 bits per heavy atom. The molecule has 0 radical (unpaired) electrons. The molecule has 0 amide bonds. The second-order valence-corrected chi connectivity index (χ2v) is 5.68. The number of carbonyl (C=O) groups excluding carboxylic acids is 1. The number of rotatable bonds is 4. The zero-order chi connectivity index (χ0) is 16.4. The summed E-state index contributed by atoms with van der Waals surface area (Å²) in [6.45, 7) is 2.07. The maximum Gasteiger partial charge on any atom is 0.204 e. The van der Waals surface area contributed by atoms with Crippen LogP contribution in [0.15, 0.2) is 54.4 Å². The minimum atomic E-state index is -0.0686. The van der Waals surface area contributed by atoms with Crippen molar-refractivity contribution in [2.75, 3.05) is 12.0 Å². The highest BCUT2D eigenvalue weighted by Crippen LogP contribution is 2.42. The number of hydrogen-bond donors (Lipinski definition) is 0. The van der Waals surface area contributed by atoms with Gasteiger partial charge in [0.1, 0.15) is 5.75 Å². The lowest BCUT2D eigenvalue weighted by atomic mass is 10.2. The van der Waals surface area contributed by atoms with E-state index >= 15 is 0 Å². The predicted octanol–water partition coefficient (Wildman–Crippen LogP) is 4.18. The van der Waals surface area contributed by atoms with E-state index in [1.54, 1.807) is 7.11 Å². The standard InChI is InChI=1S/C18H16ClNO3/c1-12(21)9-18-20(11-13-3-5-14(19)6-4-13)16-10-15(22-2)7-8-17(16)23-18/h3-10H,11H2,1-2H3/b18-9-. The highest BCUT2D eigenvalue weighted by Gasteiger charge is 2.27. The molecule has 0 bridgehead atoms. The quantitative estimate of drug-likeness (QED) is 0.789. The Kier molecular flexibility index (Phi) is 4.26. The van der Waals surface area contributed by atoms with Crippen LogP contribution in [0.4, 0.5) is 5.69 Å². The third-order valence-corrected chi connectivity index (χ3v) is 3.77. The lowest BCUT2D eigenvalue weighted by molar-refractivity contribution is -0.112. The van der Waals surface area contributed by atoms with Gasteiger partial charge >= 0.3 is 0 Å². The molecule has 23 heavy (non-hydrogen) atoms. The number of methoxy groups -OCH3 is 1. The van der Waals surface area contributed by atoms with Gasteiger partial charge in [-0.2, -0.15) is 0 Å². The molecule has 0 atom stereocenters. The van der Waals surface area contributed by atoms with Crippen molar-refractivity contribution in [3.63, 3.8) is 0 Å². The summed E-state index contributed by atoms with van der Waals surface area (Å²) in [5.74, 6) is 1.88. The molecule has 0 fully saturated rings. The Morgan fingerprint density at radius 3 is 2.65 bits per heavy atom. The van der Waals surface area contributed by atoms with Crippen molar-refractivity contribution in [3.05, 3.63) is 65.0 Å². The largest absolute Gasteiger partial charge is 0.497 e. The smallest absolute Gasteiger partial charge is 0.204 e. The summed E-state index contributed by atoms with van der Waals surface area (Å²) >= 11 is 5.94. The molecule has 2 aromatic carbocycles. The predicted molar refractivity (Wildman–Crippen MR) is 90.0 cm³/mol. The molecule has 2 aromatic rings. The van der Waals surface area contributed by atoms with E-state index in [0.717, 1.165) is 17.0 Å². The van der Waals surface area contributed by atoms with Gasteiger partial charge in [-0.15, -0.1) is 0 Å². The third-order valence-electron chi connectivity index (χ3n) is 3.52. The van der Waals surface area contributed by atoms with Gasteiger partial charge in [-0.05, 0) is 36.8 Å². The third kappa shape index (κ3) is 3.32. The van der Waals surface area contributed by atoms with Crippen molar-refractivity contribution in [3.8, 4) is 11.5 Å². The zero-order valence-electron chi connectivity index (χ0n) is 12.9. The number of allylic oxidation sites excluding steroid dienone is 1. The van der Waals surface area contributed by atoms with E-state index in [1.165, 1.54) is 13.0 Å². The van der Waals surface area contributed by atoms with Gasteiger partial charge in [-0.1, -0.05) is 23.7 Å². The molecule has 1 heterocycles. The van der Waals surface area contributed by atoms with Crippen LogP contribution in [0.5, 0.6) is 11.5 Å². The molecule has 1 aliphatic heterocycles. The summed E-state index contributed by atoms with van der Waals surface area (Å²) in [7, 11) is 1.62. The lowest BCUT2D eigenvalue weighted by Gasteiger charge is -2.18. The summed E-state index contributed by atoms with van der Waals surface area (Å²) in [6, 6.07) is 13.1. The molecular weight excluding hydrogens is 314 g/mol. The summed E-state index contributed by atoms with van der Waals surface area (Å²) < 4.78 is 11.1. The van der Waals surface area contributed by atoms with E-state index in [9.17, 15) is 4.79 Å². The SMILES string of the molecule is COc1ccc2c(c1)N(Cc1ccc(Cl)cc1)/C(=C/C(C)=O)O2. The van der Waals surface area contributed by atoms with Crippen molar-refractivity contribution in [1.29, 1.82) is 0 Å². The van der Waals surface area contributed by atoms with Crippen LogP contribution in [-0.4, -0.2) is 12.9 Å². The van der Waals surface area contributed by atoms with Gasteiger partial charge in [-0.25, -0.2) is 0 Å². The molecular formula is C18H16ClNO3. The maximum atomic E-state index is 11.5. The number of carbonyl (C=O) groups is 1. The zero-order valence-corrected chi connectivity index (χ0v) is 13.6. The molecule has 0 N–H and O–H groups in total. The molecule has 0 aromatic heterocycles. The Balaban J connectivity index is 1.99. The average Bonchev–Trinajstić information content (AvgIpc) is 2.85. The molecule has 5 heteroatoms. The van der Waals surface area contributed by atoms with Crippen LogP contribution in [0, 0.1) is 0 Å². The first-order valence-corrected chi connectivity index (χ1v) is 7.55. The first kappa shape index (κ1) is 15.4. The number of ketones is 1. The minimum Gasteiger partial charge on any atom is -0.497 e. The van der Waals surface area contributed by atoms with Crippen LogP contribution in [0.2, 0.25) is 5.02 Å². The van der Waals surface area contributed by atoms with E-state index in [-0.39, 0.29) is 5.78 Å². The van der Waals surface area contributed by atoms with E-state index < -0.39 is 0 Å². The summed E-state index contributed by atoms with van der Waals surface area (Å²) in [4.78, 5) is 13.4. The molecule has 0 aliphatic carbocycles. The highest BCUT2D eigenvalue weighted by molar-refractivity contribution is 6.30. The second kappa shape index (κ2) is 6.34. The number of anilines is 1. The molecule has 3 rings (SSSR count). The Bertz CT molecular complexity index is 768. The van der Waals surface area contributed by atoms with Crippen LogP contribution in [-0.2, 0) is 11.3 Å². The molecule has 0 unspecified atom stereocenters. The van der Waals surface area contributed by atoms with Gasteiger partial charge in [0.05, 0.1) is 19.3 Å². The van der Waals surface area contributed by atoms with Gasteiger partial charge < -0.3 is 14.4 Å². The number of benzene rings is 2. The second-order valence-electron chi connectivity index (χ2n) is 5.24. The molecule has 1 aliphatic rings. The fourth-order valence-electron chi connectivity index (χ4n) is 2.42. The number of hydrogen-bond acceptors (Lipinski definition) is 4. The van der Waals surface area contributed by atoms with Crippen molar-refractivity contribution in [2.24, 2.45) is 0 Å². The van der Waals surface area contributed by atoms with Crippen LogP contribution >= 0.6 is 11.6 Å². The van der Waals surface area contributed by atoms with Gasteiger partial charge in [0.25, 0.3) is 0 Å². The maximum absolute atomic E-state index is 11.5. The number of ether oxygens (including phenoxy) is 2. The number of fused-ring (bicyclic) bond motifs is 1. The van der Waals surface area contributed by atoms with E-state index in [2.05, 4.69) is 0 Å². The summed E-state index contributed by atoms with van der Waals surface area (Å²) in [5.41, 5.74) is 1.93. The van der Waals surface area contributed by atoms with Gasteiger partial charge in [0, 0.05) is 17.2 Å². The lowest BCUT2D eigenvalue weighted by Crippen LogP contribution is -2.20. The van der Waals surface area contributed by atoms with E-state index in [1.807, 2.05) is 47.4 Å². The molecule has 4 nitrogen and oxygen atoms in total. The number of halogens is 1. The molecule has 0 spiro atoms. The Labute approximate surface area is 139 Å². The summed E-state index contributed by atoms with van der Waals surface area (Å²) in [6.07, 6.45) is 1.49. The first-order valence-electron chi connectivity index (χ1n) is 7.17. The highest BCUT2D eigenvalue weighted by atomic mass is 35.5. The van der Waals surface area contributed by atoms with Crippen LogP contribution in [0.3, 0.4) is 0 Å². The molecule has 0 saturated carbocycles. The van der Waals surface area contributed by atoms with Gasteiger partial charge in [0.15, 0.2) is 11.5 Å². The Morgan fingerprint density at radius 1 is 1.26 bits per heavy atom. The topological polar surface area (TPSA) is 38.8 Å². The Hall–Kier alpha value is -2.46. The average molecular weight is 330 g/mol. The van der Waals surface area contributed by atoms with E-state index in [0.29, 0.717) is 23.2 Å². The van der Waals surface area contributed by atoms with Crippen molar-refractivity contribution < 1.29 is 14.3 Å². The molecule has 118 valence electrons. The molecule has 0 saturated heterocycles. The minimum absolute atomic E-state index is 0.0686. The van der Waals surface area contributed by atoms with Gasteiger partial charge in [0.2, 0.25) is 5.88 Å². The normalized spacial score (nSPS) is 14.6. The van der Waals surface area contributed by atoms with Gasteiger partial charge in [-0.3, -0.25) is 4.79 Å². The number of nitrogens with zero attached hydrogens (tertiary/aromatic N) is 1.